The molecular weight excluding hydrogens is 464 g/mol. The molecule has 32 heavy (non-hydrogen) atoms. The molecule has 2 aromatic rings. The van der Waals surface area contributed by atoms with Gasteiger partial charge in [0.1, 0.15) is 4.90 Å². The minimum Gasteiger partial charge on any atom is -0.359 e. The molecule has 0 aromatic heterocycles. The molecule has 0 spiro atoms. The number of hydrogen-bond donors (Lipinski definition) is 1. The van der Waals surface area contributed by atoms with Crippen LogP contribution in [-0.2, 0) is 12.6 Å². The van der Waals surface area contributed by atoms with E-state index in [-0.39, 0.29) is 47.5 Å². The minimum absolute atomic E-state index is 0.0161. The van der Waals surface area contributed by atoms with Gasteiger partial charge in [-0.15, -0.1) is 0 Å². The number of rotatable bonds is 7. The smallest absolute Gasteiger partial charge is 0.359 e. The lowest BCUT2D eigenvalue weighted by molar-refractivity contribution is -0.138. The summed E-state index contributed by atoms with van der Waals surface area (Å²) in [5.41, 5.74) is -1.52. The number of hydrogen-bond acceptors (Lipinski definition) is 2. The Bertz CT molecular complexity index is 1060. The van der Waals surface area contributed by atoms with Crippen LogP contribution >= 0.6 is 10.2 Å². The van der Waals surface area contributed by atoms with Crippen molar-refractivity contribution in [3.63, 3.8) is 0 Å². The summed E-state index contributed by atoms with van der Waals surface area (Å²) in [6.45, 7) is 7.13. The standard InChI is InChI=1S/C21H20F8N2S/c1-14(31-17-6-8-18(9-7-17)32(25,26,27,28)29)20(2,3)11-10-16-5-4-15(13-30)12-19(16)21(22,23)24/h4-9,12,31H,1,10-11H2,2-3H3. The number of benzene rings is 2. The van der Waals surface area contributed by atoms with E-state index in [4.69, 9.17) is 5.26 Å². The first-order valence-corrected chi connectivity index (χ1v) is 11.1. The van der Waals surface area contributed by atoms with Gasteiger partial charge in [-0.2, -0.15) is 18.4 Å². The van der Waals surface area contributed by atoms with Crippen molar-refractivity contribution in [2.45, 2.75) is 37.8 Å². The third-order valence-corrected chi connectivity index (χ3v) is 6.14. The number of nitriles is 1. The van der Waals surface area contributed by atoms with Crippen LogP contribution in [0.4, 0.5) is 38.3 Å². The predicted molar refractivity (Wildman–Crippen MR) is 109 cm³/mol. The monoisotopic (exact) mass is 484 g/mol. The van der Waals surface area contributed by atoms with Crippen molar-refractivity contribution >= 4 is 15.9 Å². The predicted octanol–water partition coefficient (Wildman–Crippen LogP) is 8.82. The van der Waals surface area contributed by atoms with E-state index in [0.29, 0.717) is 0 Å². The van der Waals surface area contributed by atoms with E-state index in [1.807, 2.05) is 0 Å². The van der Waals surface area contributed by atoms with Gasteiger partial charge >= 0.3 is 16.4 Å². The molecule has 0 saturated heterocycles. The average molecular weight is 484 g/mol. The summed E-state index contributed by atoms with van der Waals surface area (Å²) in [6, 6.07) is 7.13. The van der Waals surface area contributed by atoms with Crippen LogP contribution in [0, 0.1) is 16.7 Å². The Kier molecular flexibility index (Phi) is 5.90. The van der Waals surface area contributed by atoms with Crippen LogP contribution in [0.15, 0.2) is 59.6 Å². The highest BCUT2D eigenvalue weighted by molar-refractivity contribution is 8.45. The Morgan fingerprint density at radius 2 is 1.56 bits per heavy atom. The molecule has 176 valence electrons. The normalized spacial score (nSPS) is 14.8. The van der Waals surface area contributed by atoms with E-state index in [1.54, 1.807) is 19.9 Å². The summed E-state index contributed by atoms with van der Waals surface area (Å²) >= 11 is 0. The molecule has 0 aliphatic carbocycles. The van der Waals surface area contributed by atoms with Crippen LogP contribution < -0.4 is 5.32 Å². The molecule has 0 unspecified atom stereocenters. The third kappa shape index (κ3) is 6.38. The van der Waals surface area contributed by atoms with Crippen molar-refractivity contribution in [3.05, 3.63) is 71.4 Å². The van der Waals surface area contributed by atoms with E-state index < -0.39 is 32.3 Å². The SMILES string of the molecule is C=C(Nc1ccc(S(F)(F)(F)(F)F)cc1)C(C)(C)CCc1ccc(C#N)cc1C(F)(F)F. The maximum atomic E-state index is 13.3. The van der Waals surface area contributed by atoms with Gasteiger partial charge in [-0.3, -0.25) is 0 Å². The molecule has 0 radical (unpaired) electrons. The minimum atomic E-state index is -9.78. The largest absolute Gasteiger partial charge is 0.416 e. The number of nitrogens with zero attached hydrogens (tertiary/aromatic N) is 1. The van der Waals surface area contributed by atoms with Crippen LogP contribution in [0.25, 0.3) is 0 Å². The fraction of sp³-hybridized carbons (Fsp3) is 0.286. The zero-order chi connectivity index (χ0) is 24.7. The molecule has 2 nitrogen and oxygen atoms in total. The third-order valence-electron chi connectivity index (χ3n) is 4.98. The number of anilines is 1. The maximum Gasteiger partial charge on any atom is 0.416 e. The summed E-state index contributed by atoms with van der Waals surface area (Å²) in [4.78, 5) is -2.03. The fourth-order valence-corrected chi connectivity index (χ4v) is 3.52. The Hall–Kier alpha value is -2.74. The van der Waals surface area contributed by atoms with E-state index >= 15 is 0 Å². The van der Waals surface area contributed by atoms with Crippen molar-refractivity contribution in [3.8, 4) is 6.07 Å². The number of alkyl halides is 3. The van der Waals surface area contributed by atoms with Gasteiger partial charge in [-0.05, 0) is 54.8 Å². The zero-order valence-electron chi connectivity index (χ0n) is 17.0. The van der Waals surface area contributed by atoms with E-state index in [9.17, 15) is 32.6 Å². The van der Waals surface area contributed by atoms with Gasteiger partial charge in [0.25, 0.3) is 0 Å². The van der Waals surface area contributed by atoms with Gasteiger partial charge in [0.05, 0.1) is 17.2 Å². The molecular formula is C21H20F8N2S. The lowest BCUT2D eigenvalue weighted by Gasteiger charge is -2.40. The number of aryl methyl sites for hydroxylation is 1. The molecule has 0 heterocycles. The Labute approximate surface area is 180 Å². The molecule has 1 N–H and O–H groups in total. The molecule has 0 amide bonds. The maximum absolute atomic E-state index is 13.3. The fourth-order valence-electron chi connectivity index (χ4n) is 2.86. The van der Waals surface area contributed by atoms with E-state index in [1.165, 1.54) is 12.1 Å². The quantitative estimate of drug-likeness (QED) is 0.399. The molecule has 0 aliphatic rings. The number of halogens is 8. The van der Waals surface area contributed by atoms with Crippen molar-refractivity contribution in [2.24, 2.45) is 5.41 Å². The van der Waals surface area contributed by atoms with Crippen LogP contribution in [0.2, 0.25) is 0 Å². The van der Waals surface area contributed by atoms with Gasteiger partial charge in [0.2, 0.25) is 0 Å². The van der Waals surface area contributed by atoms with Crippen molar-refractivity contribution in [1.82, 2.24) is 0 Å². The second-order valence-corrected chi connectivity index (χ2v) is 10.4. The van der Waals surface area contributed by atoms with Gasteiger partial charge in [-0.25, -0.2) is 0 Å². The number of nitrogens with one attached hydrogen (secondary N) is 1. The average Bonchev–Trinajstić information content (AvgIpc) is 2.64. The summed E-state index contributed by atoms with van der Waals surface area (Å²) in [6.07, 6.45) is -4.49. The van der Waals surface area contributed by atoms with E-state index in [0.717, 1.165) is 18.2 Å². The molecule has 2 aromatic carbocycles. The Morgan fingerprint density at radius 1 is 1.00 bits per heavy atom. The molecule has 0 saturated carbocycles. The van der Waals surface area contributed by atoms with Crippen LogP contribution in [-0.4, -0.2) is 0 Å². The first kappa shape index (κ1) is 25.5. The molecule has 0 bridgehead atoms. The van der Waals surface area contributed by atoms with Gasteiger partial charge in [-0.1, -0.05) is 45.9 Å². The highest BCUT2D eigenvalue weighted by atomic mass is 32.5. The van der Waals surface area contributed by atoms with Gasteiger partial charge in [0.15, 0.2) is 0 Å². The van der Waals surface area contributed by atoms with Crippen molar-refractivity contribution in [2.75, 3.05) is 5.32 Å². The molecule has 11 heteroatoms. The summed E-state index contributed by atoms with van der Waals surface area (Å²) in [5.74, 6) is 0. The first-order valence-electron chi connectivity index (χ1n) is 9.14. The van der Waals surface area contributed by atoms with Gasteiger partial charge in [0, 0.05) is 16.8 Å². The summed E-state index contributed by atoms with van der Waals surface area (Å²) in [7, 11) is -9.78. The van der Waals surface area contributed by atoms with Crippen LogP contribution in [0.1, 0.15) is 37.0 Å². The molecule has 0 aliphatic heterocycles. The number of allylic oxidation sites excluding steroid dienone is 1. The van der Waals surface area contributed by atoms with E-state index in [2.05, 4.69) is 11.9 Å². The second-order valence-electron chi connectivity index (χ2n) is 7.96. The highest BCUT2D eigenvalue weighted by Gasteiger charge is 2.65. The molecule has 0 fully saturated rings. The van der Waals surface area contributed by atoms with Crippen molar-refractivity contribution < 1.29 is 32.6 Å². The van der Waals surface area contributed by atoms with Crippen molar-refractivity contribution in [1.29, 1.82) is 5.26 Å². The van der Waals surface area contributed by atoms with Gasteiger partial charge < -0.3 is 5.32 Å². The molecule has 2 rings (SSSR count). The van der Waals surface area contributed by atoms with Crippen LogP contribution in [0.5, 0.6) is 0 Å². The second kappa shape index (κ2) is 7.40. The summed E-state index contributed by atoms with van der Waals surface area (Å²) < 4.78 is 104. The Balaban J connectivity index is 2.15. The first-order chi connectivity index (χ1) is 14.2. The lowest BCUT2D eigenvalue weighted by atomic mass is 9.82. The Morgan fingerprint density at radius 3 is 2.03 bits per heavy atom. The highest BCUT2D eigenvalue weighted by Crippen LogP contribution is 3.02. The van der Waals surface area contributed by atoms with Crippen LogP contribution in [0.3, 0.4) is 0 Å². The topological polar surface area (TPSA) is 35.8 Å². The molecule has 0 atom stereocenters. The lowest BCUT2D eigenvalue weighted by Crippen LogP contribution is -2.21. The summed E-state index contributed by atoms with van der Waals surface area (Å²) in [5, 5.41) is 11.6. The zero-order valence-corrected chi connectivity index (χ0v) is 17.9.